The molecular formula is C12H24N2O2S. The van der Waals surface area contributed by atoms with E-state index in [1.807, 2.05) is 0 Å². The molecule has 2 rings (SSSR count). The Labute approximate surface area is 105 Å². The summed E-state index contributed by atoms with van der Waals surface area (Å²) in [4.78, 5) is 2.47. The highest BCUT2D eigenvalue weighted by Gasteiger charge is 2.26. The van der Waals surface area contributed by atoms with E-state index >= 15 is 0 Å². The predicted molar refractivity (Wildman–Crippen MR) is 69.9 cm³/mol. The van der Waals surface area contributed by atoms with E-state index in [0.717, 1.165) is 25.9 Å². The molecule has 0 radical (unpaired) electrons. The molecule has 0 saturated carbocycles. The van der Waals surface area contributed by atoms with Crippen molar-refractivity contribution < 1.29 is 8.42 Å². The lowest BCUT2D eigenvalue weighted by Crippen LogP contribution is -2.50. The van der Waals surface area contributed by atoms with Gasteiger partial charge in [0.25, 0.3) is 0 Å². The predicted octanol–water partition coefficient (Wildman–Crippen LogP) is 0.638. The third kappa shape index (κ3) is 3.93. The molecule has 5 heteroatoms. The average molecular weight is 260 g/mol. The topological polar surface area (TPSA) is 49.4 Å². The molecule has 0 amide bonds. The lowest BCUT2D eigenvalue weighted by Gasteiger charge is -2.35. The highest BCUT2D eigenvalue weighted by atomic mass is 32.2. The van der Waals surface area contributed by atoms with Gasteiger partial charge in [0, 0.05) is 18.6 Å². The number of piperidine rings is 1. The number of sulfone groups is 1. The molecule has 2 aliphatic heterocycles. The van der Waals surface area contributed by atoms with Crippen molar-refractivity contribution in [3.63, 3.8) is 0 Å². The molecule has 0 aromatic rings. The minimum Gasteiger partial charge on any atom is -0.310 e. The molecule has 2 fully saturated rings. The standard InChI is InChI=1S/C12H24N2O2S/c1-2-14-7-3-4-12(10-14)13-11-5-8-17(15,16)9-6-11/h11-13H,2-10H2,1H3. The van der Waals surface area contributed by atoms with Crippen LogP contribution in [0.5, 0.6) is 0 Å². The Morgan fingerprint density at radius 2 is 1.88 bits per heavy atom. The van der Waals surface area contributed by atoms with Crippen LogP contribution in [0.3, 0.4) is 0 Å². The Morgan fingerprint density at radius 1 is 1.18 bits per heavy atom. The van der Waals surface area contributed by atoms with Gasteiger partial charge in [0.1, 0.15) is 9.84 Å². The Hall–Kier alpha value is -0.130. The molecule has 0 aromatic carbocycles. The van der Waals surface area contributed by atoms with E-state index in [4.69, 9.17) is 0 Å². The molecule has 0 bridgehead atoms. The molecule has 1 atom stereocenters. The maximum atomic E-state index is 11.4. The van der Waals surface area contributed by atoms with E-state index in [1.165, 1.54) is 19.4 Å². The first-order valence-electron chi connectivity index (χ1n) is 6.78. The fourth-order valence-electron chi connectivity index (χ4n) is 2.87. The minimum atomic E-state index is -2.72. The Morgan fingerprint density at radius 3 is 2.53 bits per heavy atom. The van der Waals surface area contributed by atoms with Gasteiger partial charge in [-0.1, -0.05) is 6.92 Å². The van der Waals surface area contributed by atoms with Crippen molar-refractivity contribution >= 4 is 9.84 Å². The number of hydrogen-bond donors (Lipinski definition) is 1. The number of likely N-dealkylation sites (N-methyl/N-ethyl adjacent to an activating group) is 1. The fraction of sp³-hybridized carbons (Fsp3) is 1.00. The summed E-state index contributed by atoms with van der Waals surface area (Å²) >= 11 is 0. The summed E-state index contributed by atoms with van der Waals surface area (Å²) in [6.07, 6.45) is 4.09. The van der Waals surface area contributed by atoms with Crippen LogP contribution in [-0.4, -0.2) is 56.5 Å². The first-order valence-corrected chi connectivity index (χ1v) is 8.60. The van der Waals surface area contributed by atoms with Crippen LogP contribution in [0.15, 0.2) is 0 Å². The second kappa shape index (κ2) is 5.67. The largest absolute Gasteiger partial charge is 0.310 e. The van der Waals surface area contributed by atoms with Gasteiger partial charge in [-0.25, -0.2) is 8.42 Å². The van der Waals surface area contributed by atoms with Crippen LogP contribution in [0.1, 0.15) is 32.6 Å². The smallest absolute Gasteiger partial charge is 0.150 e. The van der Waals surface area contributed by atoms with E-state index in [1.54, 1.807) is 0 Å². The summed E-state index contributed by atoms with van der Waals surface area (Å²) in [5.41, 5.74) is 0. The van der Waals surface area contributed by atoms with Crippen LogP contribution in [0, 0.1) is 0 Å². The molecule has 17 heavy (non-hydrogen) atoms. The zero-order valence-corrected chi connectivity index (χ0v) is 11.5. The van der Waals surface area contributed by atoms with Crippen LogP contribution >= 0.6 is 0 Å². The van der Waals surface area contributed by atoms with E-state index in [2.05, 4.69) is 17.1 Å². The Kier molecular flexibility index (Phi) is 4.44. The lowest BCUT2D eigenvalue weighted by atomic mass is 10.0. The first-order chi connectivity index (χ1) is 8.09. The second-order valence-corrected chi connectivity index (χ2v) is 7.63. The number of hydrogen-bond acceptors (Lipinski definition) is 4. The zero-order valence-electron chi connectivity index (χ0n) is 10.7. The third-order valence-corrected chi connectivity index (χ3v) is 5.69. The average Bonchev–Trinajstić information content (AvgIpc) is 2.32. The molecule has 0 aromatic heterocycles. The summed E-state index contributed by atoms with van der Waals surface area (Å²) in [6, 6.07) is 0.981. The van der Waals surface area contributed by atoms with E-state index in [-0.39, 0.29) is 0 Å². The van der Waals surface area contributed by atoms with E-state index in [0.29, 0.717) is 23.6 Å². The van der Waals surface area contributed by atoms with Gasteiger partial charge >= 0.3 is 0 Å². The van der Waals surface area contributed by atoms with Crippen LogP contribution in [0.4, 0.5) is 0 Å². The molecule has 4 nitrogen and oxygen atoms in total. The summed E-state index contributed by atoms with van der Waals surface area (Å²) in [7, 11) is -2.72. The highest BCUT2D eigenvalue weighted by Crippen LogP contribution is 2.16. The molecule has 0 spiro atoms. The van der Waals surface area contributed by atoms with E-state index < -0.39 is 9.84 Å². The maximum Gasteiger partial charge on any atom is 0.150 e. The molecule has 100 valence electrons. The van der Waals surface area contributed by atoms with E-state index in [9.17, 15) is 8.42 Å². The second-order valence-electron chi connectivity index (χ2n) is 5.33. The van der Waals surface area contributed by atoms with Gasteiger partial charge in [0.2, 0.25) is 0 Å². The molecule has 2 aliphatic rings. The van der Waals surface area contributed by atoms with Crippen LogP contribution < -0.4 is 5.32 Å². The normalized spacial score (nSPS) is 31.5. The number of nitrogens with zero attached hydrogens (tertiary/aromatic N) is 1. The van der Waals surface area contributed by atoms with Gasteiger partial charge in [-0.3, -0.25) is 0 Å². The number of rotatable bonds is 3. The molecular weight excluding hydrogens is 236 g/mol. The van der Waals surface area contributed by atoms with Crippen molar-refractivity contribution in [3.05, 3.63) is 0 Å². The molecule has 0 aliphatic carbocycles. The van der Waals surface area contributed by atoms with Gasteiger partial charge in [0.05, 0.1) is 11.5 Å². The lowest BCUT2D eigenvalue weighted by molar-refractivity contribution is 0.188. The summed E-state index contributed by atoms with van der Waals surface area (Å²) in [5, 5.41) is 3.65. The number of likely N-dealkylation sites (tertiary alicyclic amines) is 1. The van der Waals surface area contributed by atoms with Crippen LogP contribution in [0.2, 0.25) is 0 Å². The maximum absolute atomic E-state index is 11.4. The van der Waals surface area contributed by atoms with Crippen LogP contribution in [0.25, 0.3) is 0 Å². The summed E-state index contributed by atoms with van der Waals surface area (Å²) in [6.45, 7) is 5.67. The zero-order chi connectivity index (χ0) is 12.3. The van der Waals surface area contributed by atoms with Gasteiger partial charge in [-0.15, -0.1) is 0 Å². The third-order valence-electron chi connectivity index (χ3n) is 3.98. The van der Waals surface area contributed by atoms with Gasteiger partial charge in [-0.05, 0) is 38.8 Å². The fourth-order valence-corrected chi connectivity index (χ4v) is 4.36. The molecule has 1 unspecified atom stereocenters. The molecule has 2 heterocycles. The van der Waals surface area contributed by atoms with Crippen molar-refractivity contribution in [3.8, 4) is 0 Å². The van der Waals surface area contributed by atoms with Crippen molar-refractivity contribution in [2.75, 3.05) is 31.1 Å². The SMILES string of the molecule is CCN1CCCC(NC2CCS(=O)(=O)CC2)C1. The molecule has 2 saturated heterocycles. The first kappa shape index (κ1) is 13.3. The Balaban J connectivity index is 1.77. The summed E-state index contributed by atoms with van der Waals surface area (Å²) in [5.74, 6) is 0.740. The van der Waals surface area contributed by atoms with Crippen molar-refractivity contribution in [2.45, 2.75) is 44.7 Å². The number of nitrogens with one attached hydrogen (secondary N) is 1. The Bertz CT molecular complexity index is 328. The monoisotopic (exact) mass is 260 g/mol. The quantitative estimate of drug-likeness (QED) is 0.809. The molecule has 1 N–H and O–H groups in total. The highest BCUT2D eigenvalue weighted by molar-refractivity contribution is 7.91. The minimum absolute atomic E-state index is 0.370. The van der Waals surface area contributed by atoms with Crippen molar-refractivity contribution in [2.24, 2.45) is 0 Å². The van der Waals surface area contributed by atoms with Gasteiger partial charge < -0.3 is 10.2 Å². The van der Waals surface area contributed by atoms with Crippen LogP contribution in [-0.2, 0) is 9.84 Å². The van der Waals surface area contributed by atoms with Gasteiger partial charge in [-0.2, -0.15) is 0 Å². The van der Waals surface area contributed by atoms with Crippen molar-refractivity contribution in [1.82, 2.24) is 10.2 Å². The van der Waals surface area contributed by atoms with Gasteiger partial charge in [0.15, 0.2) is 0 Å². The summed E-state index contributed by atoms with van der Waals surface area (Å²) < 4.78 is 22.7. The van der Waals surface area contributed by atoms with Crippen molar-refractivity contribution in [1.29, 1.82) is 0 Å².